The highest BCUT2D eigenvalue weighted by Gasteiger charge is 2.24. The van der Waals surface area contributed by atoms with Gasteiger partial charge in [-0.1, -0.05) is 53.7 Å². The number of thioether (sulfide) groups is 1. The molecule has 32 heavy (non-hydrogen) atoms. The highest BCUT2D eigenvalue weighted by atomic mass is 35.5. The minimum absolute atomic E-state index is 0.0441. The molecule has 0 spiro atoms. The number of Topliss-reactive ketones (excluding diaryl/α,β-unsaturated/α-hetero) is 1. The van der Waals surface area contributed by atoms with Gasteiger partial charge in [0.2, 0.25) is 5.16 Å². The lowest BCUT2D eigenvalue weighted by atomic mass is 10.1. The Balaban J connectivity index is 1.44. The summed E-state index contributed by atoms with van der Waals surface area (Å²) in [5, 5.41) is 19.8. The predicted octanol–water partition coefficient (Wildman–Crippen LogP) is 5.23. The van der Waals surface area contributed by atoms with Crippen LogP contribution in [0.15, 0.2) is 59.1 Å². The number of methoxy groups -OCH3 is 1. The number of benzene rings is 2. The van der Waals surface area contributed by atoms with Crippen LogP contribution in [0.5, 0.6) is 5.75 Å². The van der Waals surface area contributed by atoms with Gasteiger partial charge in [-0.15, -0.1) is 16.4 Å². The number of hydrogen-bond acceptors (Lipinski definition) is 8. The Morgan fingerprint density at radius 3 is 2.84 bits per heavy atom. The summed E-state index contributed by atoms with van der Waals surface area (Å²) in [6.07, 6.45) is 0. The lowest BCUT2D eigenvalue weighted by Crippen LogP contribution is -2.13. The molecular formula is C22H16ClN5O2S2. The van der Waals surface area contributed by atoms with Crippen molar-refractivity contribution in [3.05, 3.63) is 63.9 Å². The second-order valence-corrected chi connectivity index (χ2v) is 8.83. The normalized spacial score (nSPS) is 11.7. The molecule has 0 saturated heterocycles. The number of aromatic nitrogens is 4. The Morgan fingerprint density at radius 2 is 2.09 bits per heavy atom. The molecule has 1 unspecified atom stereocenters. The van der Waals surface area contributed by atoms with E-state index in [1.807, 2.05) is 35.7 Å². The van der Waals surface area contributed by atoms with Gasteiger partial charge in [-0.05, 0) is 18.2 Å². The topological polar surface area (TPSA) is 105 Å². The molecule has 10 heteroatoms. The van der Waals surface area contributed by atoms with Gasteiger partial charge in [0.05, 0.1) is 30.2 Å². The Hall–Kier alpha value is -3.19. The number of H-pyrrole nitrogens is 1. The van der Waals surface area contributed by atoms with Gasteiger partial charge in [-0.3, -0.25) is 9.89 Å². The summed E-state index contributed by atoms with van der Waals surface area (Å²) in [5.74, 6) is -0.0681. The van der Waals surface area contributed by atoms with Gasteiger partial charge in [0.1, 0.15) is 10.8 Å². The van der Waals surface area contributed by atoms with Crippen LogP contribution in [0.1, 0.15) is 10.9 Å². The Bertz CT molecular complexity index is 1280. The summed E-state index contributed by atoms with van der Waals surface area (Å²) in [7, 11) is 1.56. The number of ketones is 1. The molecule has 160 valence electrons. The van der Waals surface area contributed by atoms with Crippen molar-refractivity contribution in [1.29, 1.82) is 5.26 Å². The number of ether oxygens (including phenoxy) is 1. The van der Waals surface area contributed by atoms with Crippen molar-refractivity contribution in [3.8, 4) is 34.5 Å². The predicted molar refractivity (Wildman–Crippen MR) is 125 cm³/mol. The maximum absolute atomic E-state index is 12.7. The van der Waals surface area contributed by atoms with E-state index in [9.17, 15) is 10.1 Å². The summed E-state index contributed by atoms with van der Waals surface area (Å²) in [4.78, 5) is 21.7. The van der Waals surface area contributed by atoms with Gasteiger partial charge < -0.3 is 4.74 Å². The van der Waals surface area contributed by atoms with Crippen molar-refractivity contribution < 1.29 is 9.53 Å². The first kappa shape index (κ1) is 22.0. The molecule has 1 atom stereocenters. The number of rotatable bonds is 8. The molecule has 0 amide bonds. The zero-order valence-electron chi connectivity index (χ0n) is 16.8. The van der Waals surface area contributed by atoms with Crippen LogP contribution in [0, 0.1) is 11.3 Å². The fourth-order valence-corrected chi connectivity index (χ4v) is 4.71. The van der Waals surface area contributed by atoms with Crippen LogP contribution < -0.4 is 4.74 Å². The average molecular weight is 482 g/mol. The smallest absolute Gasteiger partial charge is 0.209 e. The van der Waals surface area contributed by atoms with Crippen molar-refractivity contribution in [1.82, 2.24) is 20.2 Å². The number of nitrogens with one attached hydrogen (secondary N) is 1. The van der Waals surface area contributed by atoms with Crippen LogP contribution in [0.3, 0.4) is 0 Å². The van der Waals surface area contributed by atoms with Gasteiger partial charge in [0.25, 0.3) is 0 Å². The van der Waals surface area contributed by atoms with Gasteiger partial charge in [0, 0.05) is 16.0 Å². The molecule has 2 heterocycles. The van der Waals surface area contributed by atoms with Crippen LogP contribution in [0.25, 0.3) is 22.6 Å². The van der Waals surface area contributed by atoms with E-state index in [1.165, 1.54) is 11.3 Å². The van der Waals surface area contributed by atoms with E-state index in [0.717, 1.165) is 23.0 Å². The molecule has 0 aliphatic carbocycles. The monoisotopic (exact) mass is 481 g/mol. The highest BCUT2D eigenvalue weighted by Crippen LogP contribution is 2.32. The number of halogens is 1. The molecule has 0 bridgehead atoms. The first-order valence-corrected chi connectivity index (χ1v) is 11.7. The van der Waals surface area contributed by atoms with Crippen LogP contribution in [0.4, 0.5) is 0 Å². The maximum Gasteiger partial charge on any atom is 0.209 e. The van der Waals surface area contributed by atoms with E-state index in [0.29, 0.717) is 32.3 Å². The van der Waals surface area contributed by atoms with Crippen molar-refractivity contribution in [2.45, 2.75) is 11.1 Å². The SMILES string of the molecule is COc1ccc(Cl)cc1-c1nc(SCC(=O)C(C#N)c2nc(-c3ccccc3)cs2)n[nH]1. The van der Waals surface area contributed by atoms with Crippen molar-refractivity contribution in [2.24, 2.45) is 0 Å². The summed E-state index contributed by atoms with van der Waals surface area (Å²) in [5.41, 5.74) is 2.36. The second kappa shape index (κ2) is 9.96. The lowest BCUT2D eigenvalue weighted by molar-refractivity contribution is -0.116. The molecule has 7 nitrogen and oxygen atoms in total. The van der Waals surface area contributed by atoms with E-state index in [2.05, 4.69) is 26.2 Å². The van der Waals surface area contributed by atoms with Crippen molar-refractivity contribution in [3.63, 3.8) is 0 Å². The number of hydrogen-bond donors (Lipinski definition) is 1. The van der Waals surface area contributed by atoms with Crippen LogP contribution in [-0.4, -0.2) is 38.8 Å². The minimum Gasteiger partial charge on any atom is -0.496 e. The number of aromatic amines is 1. The molecule has 0 aliphatic heterocycles. The lowest BCUT2D eigenvalue weighted by Gasteiger charge is -2.05. The number of nitrogens with zero attached hydrogens (tertiary/aromatic N) is 4. The first-order valence-electron chi connectivity index (χ1n) is 9.41. The third-order valence-corrected chi connectivity index (χ3v) is 6.53. The van der Waals surface area contributed by atoms with Gasteiger partial charge in [0.15, 0.2) is 17.5 Å². The minimum atomic E-state index is -0.934. The molecule has 0 radical (unpaired) electrons. The largest absolute Gasteiger partial charge is 0.496 e. The van der Waals surface area contributed by atoms with E-state index >= 15 is 0 Å². The molecule has 0 aliphatic rings. The number of thiazole rings is 1. The molecule has 2 aromatic heterocycles. The van der Waals surface area contributed by atoms with E-state index in [4.69, 9.17) is 16.3 Å². The molecule has 0 fully saturated rings. The summed E-state index contributed by atoms with van der Waals surface area (Å²) in [6.45, 7) is 0. The average Bonchev–Trinajstić information content (AvgIpc) is 3.49. The summed E-state index contributed by atoms with van der Waals surface area (Å²) < 4.78 is 5.34. The number of carbonyl (C=O) groups excluding carboxylic acids is 1. The standard InChI is InChI=1S/C22H16ClN5O2S2/c1-30-19-8-7-14(23)9-15(19)20-26-22(28-27-20)32-12-18(29)16(10-24)21-25-17(11-31-21)13-5-3-2-4-6-13/h2-9,11,16H,12H2,1H3,(H,26,27,28). The molecule has 2 aromatic carbocycles. The zero-order valence-corrected chi connectivity index (χ0v) is 19.2. The maximum atomic E-state index is 12.7. The molecule has 4 rings (SSSR count). The third kappa shape index (κ3) is 4.83. The number of nitriles is 1. The van der Waals surface area contributed by atoms with Gasteiger partial charge in [-0.25, -0.2) is 9.97 Å². The fourth-order valence-electron chi connectivity index (χ4n) is 2.94. The molecule has 0 saturated carbocycles. The Kier molecular flexibility index (Phi) is 6.85. The van der Waals surface area contributed by atoms with Crippen LogP contribution >= 0.6 is 34.7 Å². The highest BCUT2D eigenvalue weighted by molar-refractivity contribution is 7.99. The van der Waals surface area contributed by atoms with E-state index in [-0.39, 0.29) is 11.5 Å². The molecule has 4 aromatic rings. The number of carbonyl (C=O) groups is 1. The van der Waals surface area contributed by atoms with Gasteiger partial charge >= 0.3 is 0 Å². The Labute approximate surface area is 197 Å². The fraction of sp³-hybridized carbons (Fsp3) is 0.136. The van der Waals surface area contributed by atoms with Crippen LogP contribution in [-0.2, 0) is 4.79 Å². The Morgan fingerprint density at radius 1 is 1.28 bits per heavy atom. The van der Waals surface area contributed by atoms with E-state index in [1.54, 1.807) is 25.3 Å². The van der Waals surface area contributed by atoms with Gasteiger partial charge in [-0.2, -0.15) is 5.26 Å². The molecule has 1 N–H and O–H groups in total. The molecular weight excluding hydrogens is 466 g/mol. The van der Waals surface area contributed by atoms with Crippen molar-refractivity contribution in [2.75, 3.05) is 12.9 Å². The van der Waals surface area contributed by atoms with E-state index < -0.39 is 5.92 Å². The van der Waals surface area contributed by atoms with Crippen molar-refractivity contribution >= 4 is 40.5 Å². The summed E-state index contributed by atoms with van der Waals surface area (Å²) >= 11 is 8.54. The summed E-state index contributed by atoms with van der Waals surface area (Å²) in [6, 6.07) is 16.9. The van der Waals surface area contributed by atoms with Crippen LogP contribution in [0.2, 0.25) is 5.02 Å². The first-order chi connectivity index (χ1) is 15.6. The second-order valence-electron chi connectivity index (χ2n) is 6.57. The third-order valence-electron chi connectivity index (χ3n) is 4.51. The quantitative estimate of drug-likeness (QED) is 0.344. The zero-order chi connectivity index (χ0) is 22.5.